The number of rotatable bonds is 5. The highest BCUT2D eigenvalue weighted by molar-refractivity contribution is 5.83. The second-order valence-corrected chi connectivity index (χ2v) is 7.03. The minimum Gasteiger partial charge on any atom is -0.480 e. The maximum absolute atomic E-state index is 12.6. The standard InChI is InChI=1S/C17H23N5O4/c23-10-18-6-11-2-1-3-12(4-11)7-19-17(26)22-8-14-13(20-9-21-14)5-15(22)16(24)25/h9,11-12,15H,1-8H2,(H,19,26)(H,20,21)(H,24,25). The van der Waals surface area contributed by atoms with Gasteiger partial charge in [0, 0.05) is 13.0 Å². The van der Waals surface area contributed by atoms with Gasteiger partial charge in [-0.25, -0.2) is 24.4 Å². The number of nitrogens with one attached hydrogen (secondary N) is 2. The van der Waals surface area contributed by atoms with Crippen molar-refractivity contribution in [3.05, 3.63) is 17.7 Å². The van der Waals surface area contributed by atoms with Crippen molar-refractivity contribution in [2.75, 3.05) is 13.1 Å². The molecule has 9 heteroatoms. The Hall–Kier alpha value is -2.67. The molecular weight excluding hydrogens is 338 g/mol. The molecule has 26 heavy (non-hydrogen) atoms. The molecule has 1 aliphatic heterocycles. The first-order valence-corrected chi connectivity index (χ1v) is 8.90. The van der Waals surface area contributed by atoms with E-state index in [9.17, 15) is 19.5 Å². The van der Waals surface area contributed by atoms with E-state index < -0.39 is 12.0 Å². The summed E-state index contributed by atoms with van der Waals surface area (Å²) >= 11 is 0. The number of carbonyl (C=O) groups excluding carboxylic acids is 2. The lowest BCUT2D eigenvalue weighted by atomic mass is 9.81. The van der Waals surface area contributed by atoms with Crippen molar-refractivity contribution in [2.45, 2.75) is 44.7 Å². The third kappa shape index (κ3) is 4.11. The second-order valence-electron chi connectivity index (χ2n) is 7.03. The van der Waals surface area contributed by atoms with Crippen LogP contribution in [0.15, 0.2) is 11.3 Å². The molecule has 0 radical (unpaired) electrons. The maximum atomic E-state index is 12.6. The number of isocyanates is 1. The Balaban J connectivity index is 1.57. The van der Waals surface area contributed by atoms with E-state index in [1.807, 2.05) is 0 Å². The van der Waals surface area contributed by atoms with E-state index in [2.05, 4.69) is 20.3 Å². The average Bonchev–Trinajstić information content (AvgIpc) is 3.11. The number of imidazole rings is 1. The van der Waals surface area contributed by atoms with Gasteiger partial charge in [0.25, 0.3) is 0 Å². The zero-order valence-electron chi connectivity index (χ0n) is 14.5. The number of aromatic amines is 1. The fraction of sp³-hybridized carbons (Fsp3) is 0.647. The van der Waals surface area contributed by atoms with Crippen LogP contribution in [-0.2, 0) is 22.6 Å². The van der Waals surface area contributed by atoms with Crippen LogP contribution in [0.1, 0.15) is 37.1 Å². The second kappa shape index (κ2) is 8.14. The van der Waals surface area contributed by atoms with Crippen LogP contribution >= 0.6 is 0 Å². The SMILES string of the molecule is O=C=NCC1CCCC(CNC(=O)N2Cc3[nH]cnc3CC2C(=O)O)C1. The zero-order chi connectivity index (χ0) is 18.5. The first kappa shape index (κ1) is 18.1. The van der Waals surface area contributed by atoms with E-state index >= 15 is 0 Å². The van der Waals surface area contributed by atoms with Crippen LogP contribution in [-0.4, -0.2) is 57.2 Å². The van der Waals surface area contributed by atoms with Gasteiger partial charge in [0.15, 0.2) is 0 Å². The molecule has 3 rings (SSSR count). The third-order valence-electron chi connectivity index (χ3n) is 5.29. The van der Waals surface area contributed by atoms with E-state index in [4.69, 9.17) is 0 Å². The largest absolute Gasteiger partial charge is 0.480 e. The van der Waals surface area contributed by atoms with Gasteiger partial charge in [-0.05, 0) is 31.1 Å². The van der Waals surface area contributed by atoms with E-state index in [1.165, 1.54) is 11.2 Å². The summed E-state index contributed by atoms with van der Waals surface area (Å²) in [4.78, 5) is 46.5. The predicted molar refractivity (Wildman–Crippen MR) is 91.1 cm³/mol. The average molecular weight is 361 g/mol. The molecule has 3 N–H and O–H groups in total. The van der Waals surface area contributed by atoms with Gasteiger partial charge in [-0.15, -0.1) is 0 Å². The van der Waals surface area contributed by atoms with E-state index in [0.29, 0.717) is 30.6 Å². The summed E-state index contributed by atoms with van der Waals surface area (Å²) < 4.78 is 0. The molecule has 3 unspecified atom stereocenters. The molecule has 2 heterocycles. The fourth-order valence-corrected chi connectivity index (χ4v) is 3.92. The highest BCUT2D eigenvalue weighted by Crippen LogP contribution is 2.29. The number of urea groups is 1. The van der Waals surface area contributed by atoms with Gasteiger partial charge >= 0.3 is 12.0 Å². The van der Waals surface area contributed by atoms with Crippen LogP contribution in [0.4, 0.5) is 4.79 Å². The molecule has 1 aliphatic carbocycles. The summed E-state index contributed by atoms with van der Waals surface area (Å²) in [6.07, 6.45) is 7.29. The topological polar surface area (TPSA) is 128 Å². The van der Waals surface area contributed by atoms with E-state index in [-0.39, 0.29) is 19.0 Å². The zero-order valence-corrected chi connectivity index (χ0v) is 14.5. The summed E-state index contributed by atoms with van der Waals surface area (Å²) in [7, 11) is 0. The summed E-state index contributed by atoms with van der Waals surface area (Å²) in [6, 6.07) is -1.28. The lowest BCUT2D eigenvalue weighted by molar-refractivity contribution is -0.142. The molecule has 2 amide bonds. The predicted octanol–water partition coefficient (Wildman–Crippen LogP) is 1.07. The molecule has 0 aromatic carbocycles. The first-order valence-electron chi connectivity index (χ1n) is 8.90. The van der Waals surface area contributed by atoms with Crippen molar-refractivity contribution in [3.63, 3.8) is 0 Å². The smallest absolute Gasteiger partial charge is 0.326 e. The fourth-order valence-electron chi connectivity index (χ4n) is 3.92. The Morgan fingerprint density at radius 2 is 2.23 bits per heavy atom. The molecule has 0 spiro atoms. The number of aliphatic imine (C=N–C) groups is 1. The van der Waals surface area contributed by atoms with Crippen LogP contribution in [0, 0.1) is 11.8 Å². The summed E-state index contributed by atoms with van der Waals surface area (Å²) in [5.41, 5.74) is 1.48. The minimum atomic E-state index is -1.03. The summed E-state index contributed by atoms with van der Waals surface area (Å²) in [5.74, 6) is -0.366. The molecule has 0 saturated heterocycles. The lowest BCUT2D eigenvalue weighted by Gasteiger charge is -2.33. The van der Waals surface area contributed by atoms with Crippen LogP contribution in [0.25, 0.3) is 0 Å². The monoisotopic (exact) mass is 361 g/mol. The highest BCUT2D eigenvalue weighted by atomic mass is 16.4. The van der Waals surface area contributed by atoms with Crippen LogP contribution < -0.4 is 5.32 Å². The Morgan fingerprint density at radius 1 is 1.42 bits per heavy atom. The van der Waals surface area contributed by atoms with Crippen molar-refractivity contribution in [1.29, 1.82) is 0 Å². The van der Waals surface area contributed by atoms with Gasteiger partial charge in [-0.2, -0.15) is 0 Å². The third-order valence-corrected chi connectivity index (χ3v) is 5.29. The molecule has 1 aromatic rings. The van der Waals surface area contributed by atoms with E-state index in [1.54, 1.807) is 6.08 Å². The minimum absolute atomic E-state index is 0.205. The van der Waals surface area contributed by atoms with Crippen LogP contribution in [0.2, 0.25) is 0 Å². The lowest BCUT2D eigenvalue weighted by Crippen LogP contribution is -2.53. The Kier molecular flexibility index (Phi) is 5.68. The molecule has 0 bridgehead atoms. The molecule has 3 atom stereocenters. The quantitative estimate of drug-likeness (QED) is 0.534. The van der Waals surface area contributed by atoms with Gasteiger partial charge in [-0.1, -0.05) is 6.42 Å². The number of nitrogens with zero attached hydrogens (tertiary/aromatic N) is 3. The van der Waals surface area contributed by atoms with Crippen molar-refractivity contribution < 1.29 is 19.5 Å². The molecule has 9 nitrogen and oxygen atoms in total. The molecular formula is C17H23N5O4. The normalized spacial score (nSPS) is 25.1. The maximum Gasteiger partial charge on any atom is 0.326 e. The number of carboxylic acids is 1. The van der Waals surface area contributed by atoms with Crippen LogP contribution in [0.5, 0.6) is 0 Å². The van der Waals surface area contributed by atoms with E-state index in [0.717, 1.165) is 31.4 Å². The molecule has 140 valence electrons. The number of fused-ring (bicyclic) bond motifs is 1. The summed E-state index contributed by atoms with van der Waals surface area (Å²) in [6.45, 7) is 1.20. The highest BCUT2D eigenvalue weighted by Gasteiger charge is 2.36. The van der Waals surface area contributed by atoms with Crippen molar-refractivity contribution >= 4 is 18.1 Å². The van der Waals surface area contributed by atoms with Gasteiger partial charge in [0.1, 0.15) is 6.04 Å². The number of H-pyrrole nitrogens is 1. The number of aliphatic carboxylic acids is 1. The van der Waals surface area contributed by atoms with Crippen LogP contribution in [0.3, 0.4) is 0 Å². The van der Waals surface area contributed by atoms with Gasteiger partial charge in [-0.3, -0.25) is 0 Å². The number of hydrogen-bond donors (Lipinski definition) is 3. The Labute approximate surface area is 150 Å². The van der Waals surface area contributed by atoms with Crippen molar-refractivity contribution in [3.8, 4) is 0 Å². The van der Waals surface area contributed by atoms with Gasteiger partial charge in [0.05, 0.1) is 30.8 Å². The van der Waals surface area contributed by atoms with Gasteiger partial charge < -0.3 is 20.3 Å². The molecule has 2 aliphatic rings. The number of hydrogen-bond acceptors (Lipinski definition) is 5. The number of amides is 2. The Bertz CT molecular complexity index is 712. The molecule has 1 saturated carbocycles. The molecule has 1 aromatic heterocycles. The van der Waals surface area contributed by atoms with Crippen molar-refractivity contribution in [2.24, 2.45) is 16.8 Å². The number of carbonyl (C=O) groups is 2. The number of carboxylic acid groups (broad SMARTS) is 1. The van der Waals surface area contributed by atoms with Crippen molar-refractivity contribution in [1.82, 2.24) is 20.2 Å². The van der Waals surface area contributed by atoms with Gasteiger partial charge in [0.2, 0.25) is 6.08 Å². The Morgan fingerprint density at radius 3 is 3.00 bits per heavy atom. The first-order chi connectivity index (χ1) is 12.6. The number of aromatic nitrogens is 2. The molecule has 1 fully saturated rings. The summed E-state index contributed by atoms with van der Waals surface area (Å²) in [5, 5.41) is 12.3.